The van der Waals surface area contributed by atoms with Crippen LogP contribution < -0.4 is 24.4 Å². The van der Waals surface area contributed by atoms with Crippen molar-refractivity contribution in [1.82, 2.24) is 4.57 Å². The highest BCUT2D eigenvalue weighted by Crippen LogP contribution is 2.35. The summed E-state index contributed by atoms with van der Waals surface area (Å²) in [7, 11) is 1.57. The fourth-order valence-electron chi connectivity index (χ4n) is 4.03. The standard InChI is InChI=1S/C26H25ClN2O5S/c1-5-33-23-16(10-9-13-19(23)32-4)14-20-24(30)29-22(17-11-7-8-12-18(17)27)21(25(31)34-6-2)15(3)28-26(29)35-20/h7-14,22H,5-6H2,1-4H3/b20-14-/t22-/m1/s1. The van der Waals surface area contributed by atoms with Gasteiger partial charge in [0.15, 0.2) is 16.3 Å². The first-order chi connectivity index (χ1) is 16.9. The average molecular weight is 513 g/mol. The fraction of sp³-hybridized carbons (Fsp3) is 0.269. The Morgan fingerprint density at radius 1 is 1.17 bits per heavy atom. The van der Waals surface area contributed by atoms with Crippen molar-refractivity contribution in [3.8, 4) is 11.5 Å². The van der Waals surface area contributed by atoms with Crippen LogP contribution in [0.3, 0.4) is 0 Å². The summed E-state index contributed by atoms with van der Waals surface area (Å²) in [6, 6.07) is 11.9. The molecule has 0 spiro atoms. The minimum atomic E-state index is -0.766. The van der Waals surface area contributed by atoms with Gasteiger partial charge in [0.2, 0.25) is 0 Å². The van der Waals surface area contributed by atoms with Gasteiger partial charge in [-0.05, 0) is 44.5 Å². The highest BCUT2D eigenvalue weighted by Gasteiger charge is 2.34. The summed E-state index contributed by atoms with van der Waals surface area (Å²) < 4.78 is 18.5. The van der Waals surface area contributed by atoms with Crippen LogP contribution >= 0.6 is 22.9 Å². The van der Waals surface area contributed by atoms with Gasteiger partial charge in [-0.15, -0.1) is 0 Å². The van der Waals surface area contributed by atoms with Gasteiger partial charge in [0.05, 0.1) is 36.1 Å². The van der Waals surface area contributed by atoms with E-state index >= 15 is 0 Å². The minimum absolute atomic E-state index is 0.200. The predicted octanol–water partition coefficient (Wildman–Crippen LogP) is 3.86. The van der Waals surface area contributed by atoms with Crippen LogP contribution in [0.4, 0.5) is 0 Å². The van der Waals surface area contributed by atoms with Crippen molar-refractivity contribution in [2.45, 2.75) is 26.8 Å². The molecule has 35 heavy (non-hydrogen) atoms. The molecule has 9 heteroatoms. The van der Waals surface area contributed by atoms with Crippen molar-refractivity contribution in [3.05, 3.63) is 89.6 Å². The summed E-state index contributed by atoms with van der Waals surface area (Å²) in [6.07, 6.45) is 1.75. The molecule has 0 radical (unpaired) electrons. The molecule has 3 aromatic rings. The number of halogens is 1. The highest BCUT2D eigenvalue weighted by molar-refractivity contribution is 7.07. The number of esters is 1. The van der Waals surface area contributed by atoms with E-state index in [-0.39, 0.29) is 17.7 Å². The number of nitrogens with zero attached hydrogens (tertiary/aromatic N) is 2. The lowest BCUT2D eigenvalue weighted by Crippen LogP contribution is -2.40. The van der Waals surface area contributed by atoms with E-state index in [0.717, 1.165) is 0 Å². The number of fused-ring (bicyclic) bond motifs is 1. The molecule has 0 bridgehead atoms. The Bertz CT molecular complexity index is 1490. The number of methoxy groups -OCH3 is 1. The van der Waals surface area contributed by atoms with Crippen molar-refractivity contribution >= 4 is 35.0 Å². The maximum atomic E-state index is 13.8. The molecule has 0 amide bonds. The van der Waals surface area contributed by atoms with E-state index in [4.69, 9.17) is 25.8 Å². The van der Waals surface area contributed by atoms with Crippen molar-refractivity contribution in [2.75, 3.05) is 20.3 Å². The molecular weight excluding hydrogens is 488 g/mol. The largest absolute Gasteiger partial charge is 0.493 e. The Hall–Kier alpha value is -3.36. The first-order valence-electron chi connectivity index (χ1n) is 11.1. The van der Waals surface area contributed by atoms with Crippen molar-refractivity contribution in [2.24, 2.45) is 4.99 Å². The molecule has 1 atom stereocenters. The van der Waals surface area contributed by atoms with Crippen LogP contribution in [0.5, 0.6) is 11.5 Å². The number of benzene rings is 2. The van der Waals surface area contributed by atoms with Crippen LogP contribution in [-0.4, -0.2) is 30.9 Å². The molecule has 0 aliphatic carbocycles. The third kappa shape index (κ3) is 4.63. The van der Waals surface area contributed by atoms with Gasteiger partial charge < -0.3 is 14.2 Å². The van der Waals surface area contributed by atoms with Crippen molar-refractivity contribution in [3.63, 3.8) is 0 Å². The number of para-hydroxylation sites is 1. The van der Waals surface area contributed by atoms with Gasteiger partial charge in [-0.3, -0.25) is 9.36 Å². The number of aromatic nitrogens is 1. The molecule has 182 valence electrons. The number of hydrogen-bond acceptors (Lipinski definition) is 7. The number of rotatable bonds is 7. The van der Waals surface area contributed by atoms with E-state index in [1.54, 1.807) is 51.3 Å². The summed E-state index contributed by atoms with van der Waals surface area (Å²) in [5.41, 5.74) is 1.80. The summed E-state index contributed by atoms with van der Waals surface area (Å²) in [4.78, 5) is 31.8. The van der Waals surface area contributed by atoms with Crippen LogP contribution in [0, 0.1) is 0 Å². The molecule has 1 aromatic heterocycles. The second-order valence-corrected chi connectivity index (χ2v) is 9.05. The Kier molecular flexibility index (Phi) is 7.42. The normalized spacial score (nSPS) is 15.5. The number of ether oxygens (including phenoxy) is 3. The summed E-state index contributed by atoms with van der Waals surface area (Å²) in [5.74, 6) is 0.594. The van der Waals surface area contributed by atoms with E-state index in [1.165, 1.54) is 15.9 Å². The minimum Gasteiger partial charge on any atom is -0.493 e. The number of thiazole rings is 1. The predicted molar refractivity (Wildman–Crippen MR) is 136 cm³/mol. The number of allylic oxidation sites excluding steroid dienone is 1. The van der Waals surface area contributed by atoms with Gasteiger partial charge in [-0.2, -0.15) is 0 Å². The lowest BCUT2D eigenvalue weighted by Gasteiger charge is -2.25. The fourth-order valence-corrected chi connectivity index (χ4v) is 5.31. The smallest absolute Gasteiger partial charge is 0.338 e. The van der Waals surface area contributed by atoms with Gasteiger partial charge in [0.1, 0.15) is 6.04 Å². The lowest BCUT2D eigenvalue weighted by molar-refractivity contribution is -0.139. The third-order valence-electron chi connectivity index (χ3n) is 5.52. The van der Waals surface area contributed by atoms with Gasteiger partial charge in [-0.1, -0.05) is 53.3 Å². The summed E-state index contributed by atoms with van der Waals surface area (Å²) >= 11 is 7.78. The highest BCUT2D eigenvalue weighted by atomic mass is 35.5. The van der Waals surface area contributed by atoms with Crippen molar-refractivity contribution in [1.29, 1.82) is 0 Å². The molecule has 0 unspecified atom stereocenters. The average Bonchev–Trinajstić information content (AvgIpc) is 3.14. The monoisotopic (exact) mass is 512 g/mol. The van der Waals surface area contributed by atoms with E-state index in [1.807, 2.05) is 25.1 Å². The van der Waals surface area contributed by atoms with E-state index in [9.17, 15) is 9.59 Å². The van der Waals surface area contributed by atoms with E-state index in [2.05, 4.69) is 4.99 Å². The van der Waals surface area contributed by atoms with E-state index < -0.39 is 12.0 Å². The molecule has 2 heterocycles. The zero-order valence-corrected chi connectivity index (χ0v) is 21.4. The molecule has 7 nitrogen and oxygen atoms in total. The van der Waals surface area contributed by atoms with Crippen LogP contribution in [0.2, 0.25) is 5.02 Å². The quantitative estimate of drug-likeness (QED) is 0.449. The third-order valence-corrected chi connectivity index (χ3v) is 6.85. The van der Waals surface area contributed by atoms with Crippen LogP contribution in [0.1, 0.15) is 37.9 Å². The van der Waals surface area contributed by atoms with Crippen LogP contribution in [-0.2, 0) is 9.53 Å². The zero-order chi connectivity index (χ0) is 25.1. The summed E-state index contributed by atoms with van der Waals surface area (Å²) in [5, 5.41) is 0.440. The van der Waals surface area contributed by atoms with Gasteiger partial charge >= 0.3 is 5.97 Å². The number of carbonyl (C=O) groups excluding carboxylic acids is 1. The molecular formula is C26H25ClN2O5S. The molecule has 0 N–H and O–H groups in total. The summed E-state index contributed by atoms with van der Waals surface area (Å²) in [6.45, 7) is 6.00. The van der Waals surface area contributed by atoms with Gasteiger partial charge in [-0.25, -0.2) is 9.79 Å². The molecule has 0 fully saturated rings. The second kappa shape index (κ2) is 10.5. The Labute approximate surface area is 211 Å². The molecule has 2 aromatic carbocycles. The first-order valence-corrected chi connectivity index (χ1v) is 12.3. The zero-order valence-electron chi connectivity index (χ0n) is 19.8. The second-order valence-electron chi connectivity index (χ2n) is 7.64. The first kappa shape index (κ1) is 24.8. The molecule has 4 rings (SSSR count). The van der Waals surface area contributed by atoms with Crippen LogP contribution in [0.15, 0.2) is 63.5 Å². The van der Waals surface area contributed by atoms with Gasteiger partial charge in [0, 0.05) is 10.6 Å². The number of hydrogen-bond donors (Lipinski definition) is 0. The Balaban J connectivity index is 1.98. The van der Waals surface area contributed by atoms with Crippen molar-refractivity contribution < 1.29 is 19.0 Å². The topological polar surface area (TPSA) is 79.1 Å². The molecule has 1 aliphatic rings. The molecule has 0 saturated heterocycles. The molecule has 0 saturated carbocycles. The SMILES string of the molecule is CCOC(=O)C1=C(C)N=c2s/c(=C\c3cccc(OC)c3OCC)c(=O)n2[C@@H]1c1ccccc1Cl. The Morgan fingerprint density at radius 2 is 1.94 bits per heavy atom. The lowest BCUT2D eigenvalue weighted by atomic mass is 9.96. The maximum absolute atomic E-state index is 13.8. The number of carbonyl (C=O) groups is 1. The van der Waals surface area contributed by atoms with Crippen LogP contribution in [0.25, 0.3) is 6.08 Å². The molecule has 1 aliphatic heterocycles. The van der Waals surface area contributed by atoms with E-state index in [0.29, 0.717) is 49.3 Å². The Morgan fingerprint density at radius 3 is 2.63 bits per heavy atom. The van der Waals surface area contributed by atoms with Gasteiger partial charge in [0.25, 0.3) is 5.56 Å². The maximum Gasteiger partial charge on any atom is 0.338 e.